The van der Waals surface area contributed by atoms with Gasteiger partial charge in [-0.15, -0.1) is 0 Å². The van der Waals surface area contributed by atoms with Crippen molar-refractivity contribution in [3.63, 3.8) is 0 Å². The highest BCUT2D eigenvalue weighted by atomic mass is 16.6. The molecule has 0 aromatic heterocycles. The van der Waals surface area contributed by atoms with Gasteiger partial charge in [-0.1, -0.05) is 25.7 Å². The van der Waals surface area contributed by atoms with Gasteiger partial charge in [0.1, 0.15) is 5.75 Å². The minimum Gasteiger partial charge on any atom is -0.481 e. The molecule has 1 fully saturated rings. The van der Waals surface area contributed by atoms with E-state index in [1.165, 1.54) is 25.0 Å². The molecule has 1 aliphatic carbocycles. The van der Waals surface area contributed by atoms with Gasteiger partial charge in [0.25, 0.3) is 11.6 Å². The van der Waals surface area contributed by atoms with Crippen molar-refractivity contribution in [2.75, 3.05) is 0 Å². The van der Waals surface area contributed by atoms with Crippen molar-refractivity contribution in [1.29, 1.82) is 0 Å². The van der Waals surface area contributed by atoms with Crippen molar-refractivity contribution in [3.8, 4) is 5.75 Å². The van der Waals surface area contributed by atoms with E-state index in [2.05, 4.69) is 5.32 Å². The lowest BCUT2D eigenvalue weighted by atomic mass is 10.1. The zero-order valence-corrected chi connectivity index (χ0v) is 13.7. The number of ether oxygens (including phenoxy) is 1. The van der Waals surface area contributed by atoms with Crippen LogP contribution in [0.25, 0.3) is 0 Å². The molecular formula is C17H24N2O4. The first-order valence-corrected chi connectivity index (χ1v) is 8.19. The molecule has 1 aromatic rings. The molecule has 6 nitrogen and oxygen atoms in total. The summed E-state index contributed by atoms with van der Waals surface area (Å²) in [5.74, 6) is 0.338. The van der Waals surface area contributed by atoms with Gasteiger partial charge in [-0.05, 0) is 38.8 Å². The zero-order valence-electron chi connectivity index (χ0n) is 13.7. The molecule has 0 saturated heterocycles. The number of rotatable bonds is 5. The second-order valence-corrected chi connectivity index (χ2v) is 6.16. The number of hydrogen-bond donors (Lipinski definition) is 1. The van der Waals surface area contributed by atoms with Gasteiger partial charge in [-0.3, -0.25) is 14.9 Å². The lowest BCUT2D eigenvalue weighted by Crippen LogP contribution is -2.42. The van der Waals surface area contributed by atoms with Crippen molar-refractivity contribution in [1.82, 2.24) is 5.32 Å². The first-order valence-electron chi connectivity index (χ1n) is 8.19. The summed E-state index contributed by atoms with van der Waals surface area (Å²) in [4.78, 5) is 22.6. The second kappa shape index (κ2) is 7.94. The van der Waals surface area contributed by atoms with Gasteiger partial charge in [0.2, 0.25) is 0 Å². The summed E-state index contributed by atoms with van der Waals surface area (Å²) in [5.41, 5.74) is 0.566. The van der Waals surface area contributed by atoms with E-state index in [4.69, 9.17) is 4.74 Å². The zero-order chi connectivity index (χ0) is 16.8. The molecule has 1 aromatic carbocycles. The van der Waals surface area contributed by atoms with Crippen LogP contribution in [0.5, 0.6) is 5.75 Å². The summed E-state index contributed by atoms with van der Waals surface area (Å²) in [6.07, 6.45) is 6.20. The van der Waals surface area contributed by atoms with E-state index in [-0.39, 0.29) is 17.6 Å². The van der Waals surface area contributed by atoms with E-state index in [1.54, 1.807) is 19.9 Å². The third kappa shape index (κ3) is 4.94. The standard InChI is InChI=1S/C17H24N2O4/c1-12-11-15(9-10-16(12)19(21)22)23-13(2)17(20)18-14-7-5-3-4-6-8-14/h9-11,13-14H,3-8H2,1-2H3,(H,18,20)/t13-/m0/s1. The summed E-state index contributed by atoms with van der Waals surface area (Å²) in [5, 5.41) is 13.9. The van der Waals surface area contributed by atoms with E-state index in [0.29, 0.717) is 11.3 Å². The van der Waals surface area contributed by atoms with Crippen molar-refractivity contribution >= 4 is 11.6 Å². The van der Waals surface area contributed by atoms with E-state index >= 15 is 0 Å². The average Bonchev–Trinajstić information content (AvgIpc) is 2.75. The molecule has 0 unspecified atom stereocenters. The SMILES string of the molecule is Cc1cc(O[C@@H](C)C(=O)NC2CCCCCC2)ccc1[N+](=O)[O-]. The Hall–Kier alpha value is -2.11. The van der Waals surface area contributed by atoms with Crippen LogP contribution in [0, 0.1) is 17.0 Å². The number of aryl methyl sites for hydroxylation is 1. The van der Waals surface area contributed by atoms with Gasteiger partial charge in [0.15, 0.2) is 6.10 Å². The quantitative estimate of drug-likeness (QED) is 0.511. The normalized spacial score (nSPS) is 17.1. The molecule has 126 valence electrons. The van der Waals surface area contributed by atoms with E-state index in [9.17, 15) is 14.9 Å². The molecule has 23 heavy (non-hydrogen) atoms. The second-order valence-electron chi connectivity index (χ2n) is 6.16. The maximum absolute atomic E-state index is 12.2. The number of amides is 1. The topological polar surface area (TPSA) is 81.5 Å². The van der Waals surface area contributed by atoms with Crippen LogP contribution in [0.4, 0.5) is 5.69 Å². The van der Waals surface area contributed by atoms with Crippen molar-refractivity contribution in [3.05, 3.63) is 33.9 Å². The van der Waals surface area contributed by atoms with Gasteiger partial charge < -0.3 is 10.1 Å². The molecule has 0 spiro atoms. The molecule has 0 aliphatic heterocycles. The lowest BCUT2D eigenvalue weighted by Gasteiger charge is -2.20. The summed E-state index contributed by atoms with van der Waals surface area (Å²) < 4.78 is 5.63. The molecule has 1 amide bonds. The Bertz CT molecular complexity index is 566. The fourth-order valence-corrected chi connectivity index (χ4v) is 2.91. The lowest BCUT2D eigenvalue weighted by molar-refractivity contribution is -0.385. The monoisotopic (exact) mass is 320 g/mol. The van der Waals surface area contributed by atoms with E-state index in [0.717, 1.165) is 25.7 Å². The third-order valence-electron chi connectivity index (χ3n) is 4.25. The molecule has 1 N–H and O–H groups in total. The van der Waals surface area contributed by atoms with Crippen molar-refractivity contribution in [2.45, 2.75) is 64.5 Å². The van der Waals surface area contributed by atoms with Crippen LogP contribution in [-0.2, 0) is 4.79 Å². The average molecular weight is 320 g/mol. The summed E-state index contributed by atoms with van der Waals surface area (Å²) in [7, 11) is 0. The van der Waals surface area contributed by atoms with Crippen LogP contribution in [0.15, 0.2) is 18.2 Å². The van der Waals surface area contributed by atoms with Crippen LogP contribution >= 0.6 is 0 Å². The minimum atomic E-state index is -0.626. The number of nitrogens with one attached hydrogen (secondary N) is 1. The first-order chi connectivity index (χ1) is 11.0. The van der Waals surface area contributed by atoms with Crippen LogP contribution < -0.4 is 10.1 Å². The number of hydrogen-bond acceptors (Lipinski definition) is 4. The van der Waals surface area contributed by atoms with E-state index < -0.39 is 11.0 Å². The van der Waals surface area contributed by atoms with Gasteiger partial charge in [0.05, 0.1) is 4.92 Å². The van der Waals surface area contributed by atoms with Crippen LogP contribution in [-0.4, -0.2) is 23.0 Å². The van der Waals surface area contributed by atoms with Gasteiger partial charge in [0, 0.05) is 17.7 Å². The van der Waals surface area contributed by atoms with E-state index in [1.807, 2.05) is 0 Å². The Labute approximate surface area is 136 Å². The van der Waals surface area contributed by atoms with Crippen LogP contribution in [0.2, 0.25) is 0 Å². The van der Waals surface area contributed by atoms with Crippen LogP contribution in [0.1, 0.15) is 51.0 Å². The summed E-state index contributed by atoms with van der Waals surface area (Å²) >= 11 is 0. The number of nitro groups is 1. The predicted molar refractivity (Wildman–Crippen MR) is 87.6 cm³/mol. The van der Waals surface area contributed by atoms with Gasteiger partial charge in [-0.2, -0.15) is 0 Å². The summed E-state index contributed by atoms with van der Waals surface area (Å²) in [6.45, 7) is 3.35. The highest BCUT2D eigenvalue weighted by molar-refractivity contribution is 5.81. The van der Waals surface area contributed by atoms with Gasteiger partial charge >= 0.3 is 0 Å². The highest BCUT2D eigenvalue weighted by Crippen LogP contribution is 2.24. The minimum absolute atomic E-state index is 0.0490. The predicted octanol–water partition coefficient (Wildman–Crippen LogP) is 3.51. The first kappa shape index (κ1) is 17.2. The molecular weight excluding hydrogens is 296 g/mol. The molecule has 1 atom stereocenters. The van der Waals surface area contributed by atoms with Crippen molar-refractivity contribution in [2.24, 2.45) is 0 Å². The van der Waals surface area contributed by atoms with Crippen LogP contribution in [0.3, 0.4) is 0 Å². The Balaban J connectivity index is 1.92. The molecule has 0 radical (unpaired) electrons. The molecule has 6 heteroatoms. The largest absolute Gasteiger partial charge is 0.481 e. The Kier molecular flexibility index (Phi) is 5.96. The highest BCUT2D eigenvalue weighted by Gasteiger charge is 2.20. The Morgan fingerprint density at radius 1 is 1.30 bits per heavy atom. The summed E-state index contributed by atoms with van der Waals surface area (Å²) in [6, 6.07) is 4.75. The number of nitrogens with zero attached hydrogens (tertiary/aromatic N) is 1. The fraction of sp³-hybridized carbons (Fsp3) is 0.588. The fourth-order valence-electron chi connectivity index (χ4n) is 2.91. The molecule has 0 heterocycles. The maximum Gasteiger partial charge on any atom is 0.272 e. The Morgan fingerprint density at radius 2 is 1.96 bits per heavy atom. The number of carbonyl (C=O) groups excluding carboxylic acids is 1. The Morgan fingerprint density at radius 3 is 2.52 bits per heavy atom. The van der Waals surface area contributed by atoms with Gasteiger partial charge in [-0.25, -0.2) is 0 Å². The molecule has 2 rings (SSSR count). The molecule has 0 bridgehead atoms. The third-order valence-corrected chi connectivity index (χ3v) is 4.25. The van der Waals surface area contributed by atoms with Crippen molar-refractivity contribution < 1.29 is 14.5 Å². The molecule has 1 saturated carbocycles. The number of carbonyl (C=O) groups is 1. The smallest absolute Gasteiger partial charge is 0.272 e. The number of benzene rings is 1. The molecule has 1 aliphatic rings. The number of nitro benzene ring substituents is 1. The maximum atomic E-state index is 12.2.